The van der Waals surface area contributed by atoms with Crippen molar-refractivity contribution in [1.82, 2.24) is 0 Å². The van der Waals surface area contributed by atoms with Crippen LogP contribution in [0, 0.1) is 6.92 Å². The molecule has 14 heavy (non-hydrogen) atoms. The molecule has 0 radical (unpaired) electrons. The van der Waals surface area contributed by atoms with Crippen molar-refractivity contribution in [3.05, 3.63) is 23.3 Å². The van der Waals surface area contributed by atoms with Gasteiger partial charge >= 0.3 is 11.7 Å². The van der Waals surface area contributed by atoms with E-state index in [9.17, 15) is 4.79 Å². The van der Waals surface area contributed by atoms with Gasteiger partial charge in [-0.2, -0.15) is 0 Å². The molecule has 0 bridgehead atoms. The van der Waals surface area contributed by atoms with Gasteiger partial charge in [-0.25, -0.2) is 4.79 Å². The van der Waals surface area contributed by atoms with E-state index in [0.717, 1.165) is 0 Å². The maximum absolute atomic E-state index is 10.8. The maximum atomic E-state index is 10.8. The normalized spacial score (nSPS) is 18.3. The highest BCUT2D eigenvalue weighted by Crippen LogP contribution is 2.39. The predicted molar refractivity (Wildman–Crippen MR) is 49.0 cm³/mol. The Bertz CT molecular complexity index is 402. The fourth-order valence-electron chi connectivity index (χ4n) is 1.35. The maximum Gasteiger partial charge on any atom is 0.336 e. The van der Waals surface area contributed by atoms with Crippen molar-refractivity contribution in [3.63, 3.8) is 0 Å². The molecule has 1 atom stereocenters. The van der Waals surface area contributed by atoms with Crippen LogP contribution in [0.3, 0.4) is 0 Å². The Kier molecular flexibility index (Phi) is 2.00. The van der Waals surface area contributed by atoms with Gasteiger partial charge in [-0.3, -0.25) is 0 Å². The molecular weight excluding hydrogens is 208 g/mol. The summed E-state index contributed by atoms with van der Waals surface area (Å²) in [5.41, 5.74) is 0.719. The molecule has 4 nitrogen and oxygen atoms in total. The minimum absolute atomic E-state index is 0.193. The van der Waals surface area contributed by atoms with Crippen molar-refractivity contribution in [2.45, 2.75) is 12.7 Å². The lowest BCUT2D eigenvalue weighted by molar-refractivity contribution is 0.0695. The first-order valence-corrected chi connectivity index (χ1v) is 4.37. The first kappa shape index (κ1) is 9.15. The molecule has 1 aromatic carbocycles. The van der Waals surface area contributed by atoms with Crippen molar-refractivity contribution < 1.29 is 19.4 Å². The molecule has 0 spiro atoms. The van der Waals surface area contributed by atoms with Crippen molar-refractivity contribution in [3.8, 4) is 11.5 Å². The first-order chi connectivity index (χ1) is 6.59. The number of hydrogen-bond donors (Lipinski definition) is 1. The van der Waals surface area contributed by atoms with Crippen LogP contribution in [0.25, 0.3) is 0 Å². The molecule has 0 amide bonds. The van der Waals surface area contributed by atoms with Crippen molar-refractivity contribution in [1.29, 1.82) is 0 Å². The van der Waals surface area contributed by atoms with Crippen LogP contribution in [0.1, 0.15) is 15.9 Å². The lowest BCUT2D eigenvalue weighted by Gasteiger charge is -2.03. The van der Waals surface area contributed by atoms with E-state index >= 15 is 0 Å². The molecule has 74 valence electrons. The number of carbonyl (C=O) groups is 1. The van der Waals surface area contributed by atoms with E-state index in [1.54, 1.807) is 6.92 Å². The molecule has 1 aliphatic rings. The number of hydrogen-bond acceptors (Lipinski definition) is 3. The van der Waals surface area contributed by atoms with Gasteiger partial charge in [-0.1, -0.05) is 0 Å². The minimum Gasteiger partial charge on any atom is -0.478 e. The Balaban J connectivity index is 2.53. The number of carboxylic acids is 1. The van der Waals surface area contributed by atoms with Gasteiger partial charge in [0.1, 0.15) is 0 Å². The topological polar surface area (TPSA) is 55.8 Å². The van der Waals surface area contributed by atoms with Gasteiger partial charge in [0, 0.05) is 5.56 Å². The predicted octanol–water partition coefficient (Wildman–Crippen LogP) is 1.99. The van der Waals surface area contributed by atoms with E-state index in [-0.39, 0.29) is 5.56 Å². The summed E-state index contributed by atoms with van der Waals surface area (Å²) in [6.45, 7) is 1.65. The van der Waals surface area contributed by atoms with Gasteiger partial charge in [0.05, 0.1) is 5.56 Å². The number of fused-ring (bicyclic) bond motifs is 1. The quantitative estimate of drug-likeness (QED) is 0.727. The van der Waals surface area contributed by atoms with Gasteiger partial charge in [0.2, 0.25) is 0 Å². The minimum atomic E-state index is -0.994. The molecule has 1 heterocycles. The third kappa shape index (κ3) is 1.28. The fourth-order valence-corrected chi connectivity index (χ4v) is 1.54. The summed E-state index contributed by atoms with van der Waals surface area (Å²) in [6.07, 6.45) is 0. The number of rotatable bonds is 1. The smallest absolute Gasteiger partial charge is 0.336 e. The third-order valence-electron chi connectivity index (χ3n) is 2.03. The van der Waals surface area contributed by atoms with Gasteiger partial charge < -0.3 is 14.6 Å². The largest absolute Gasteiger partial charge is 0.478 e. The molecular formula is C9H7ClO4. The number of carboxylic acid groups (broad SMARTS) is 1. The van der Waals surface area contributed by atoms with E-state index in [2.05, 4.69) is 0 Å². The molecule has 0 saturated carbocycles. The third-order valence-corrected chi connectivity index (χ3v) is 2.21. The molecule has 1 aromatic rings. The summed E-state index contributed by atoms with van der Waals surface area (Å²) >= 11 is 5.59. The van der Waals surface area contributed by atoms with Gasteiger partial charge in [-0.15, -0.1) is 0 Å². The Hall–Kier alpha value is -1.42. The van der Waals surface area contributed by atoms with E-state index in [0.29, 0.717) is 17.1 Å². The summed E-state index contributed by atoms with van der Waals surface area (Å²) in [7, 11) is 0. The highest BCUT2D eigenvalue weighted by atomic mass is 35.5. The molecule has 0 saturated heterocycles. The summed E-state index contributed by atoms with van der Waals surface area (Å²) in [4.78, 5) is 10.8. The highest BCUT2D eigenvalue weighted by molar-refractivity contribution is 6.19. The van der Waals surface area contributed by atoms with Gasteiger partial charge in [0.25, 0.3) is 0 Å². The zero-order valence-electron chi connectivity index (χ0n) is 7.28. The molecule has 2 rings (SSSR count). The Morgan fingerprint density at radius 2 is 2.21 bits per heavy atom. The monoisotopic (exact) mass is 214 g/mol. The molecule has 1 aliphatic heterocycles. The zero-order chi connectivity index (χ0) is 10.3. The van der Waals surface area contributed by atoms with Gasteiger partial charge in [0.15, 0.2) is 11.5 Å². The Morgan fingerprint density at radius 3 is 2.86 bits per heavy atom. The molecule has 1 unspecified atom stereocenters. The Morgan fingerprint density at radius 1 is 1.50 bits per heavy atom. The lowest BCUT2D eigenvalue weighted by atomic mass is 10.1. The van der Waals surface area contributed by atoms with Crippen LogP contribution in [0.15, 0.2) is 12.1 Å². The average Bonchev–Trinajstić information content (AvgIpc) is 2.46. The van der Waals surface area contributed by atoms with E-state index in [4.69, 9.17) is 26.2 Å². The molecule has 1 N–H and O–H groups in total. The number of halogens is 1. The van der Waals surface area contributed by atoms with Crippen LogP contribution in [-0.2, 0) is 0 Å². The highest BCUT2D eigenvalue weighted by Gasteiger charge is 2.26. The van der Waals surface area contributed by atoms with Crippen molar-refractivity contribution >= 4 is 17.6 Å². The first-order valence-electron chi connectivity index (χ1n) is 3.94. The second-order valence-corrected chi connectivity index (χ2v) is 3.24. The van der Waals surface area contributed by atoms with E-state index < -0.39 is 11.7 Å². The van der Waals surface area contributed by atoms with E-state index in [1.807, 2.05) is 0 Å². The number of aromatic carboxylic acids is 1. The van der Waals surface area contributed by atoms with Crippen LogP contribution in [0.2, 0.25) is 0 Å². The molecule has 0 aromatic heterocycles. The van der Waals surface area contributed by atoms with Crippen LogP contribution < -0.4 is 9.47 Å². The summed E-state index contributed by atoms with van der Waals surface area (Å²) < 4.78 is 10.2. The standard InChI is InChI=1S/C9H7ClO4/c1-4-5(8(11)12)2-3-6-7(4)14-9(10)13-6/h2-3,9H,1H3,(H,11,12). The summed E-state index contributed by atoms with van der Waals surface area (Å²) in [5, 5.41) is 8.83. The van der Waals surface area contributed by atoms with Crippen LogP contribution in [0.5, 0.6) is 11.5 Å². The molecule has 0 fully saturated rings. The lowest BCUT2D eigenvalue weighted by Crippen LogP contribution is -2.08. The average molecular weight is 215 g/mol. The second kappa shape index (κ2) is 3.06. The Labute approximate surface area is 85.0 Å². The SMILES string of the molecule is Cc1c(C(=O)O)ccc2c1OC(Cl)O2. The molecule has 0 aliphatic carbocycles. The summed E-state index contributed by atoms with van der Waals surface area (Å²) in [6, 6.07) is 3.00. The molecule has 5 heteroatoms. The summed E-state index contributed by atoms with van der Waals surface area (Å²) in [5.74, 6) is -0.975. The second-order valence-electron chi connectivity index (χ2n) is 2.88. The van der Waals surface area contributed by atoms with Gasteiger partial charge in [-0.05, 0) is 30.7 Å². The van der Waals surface area contributed by atoms with Crippen LogP contribution >= 0.6 is 11.6 Å². The van der Waals surface area contributed by atoms with Crippen LogP contribution in [-0.4, -0.2) is 16.8 Å². The van der Waals surface area contributed by atoms with Crippen molar-refractivity contribution in [2.75, 3.05) is 0 Å². The zero-order valence-corrected chi connectivity index (χ0v) is 8.04. The fraction of sp³-hybridized carbons (Fsp3) is 0.222. The van der Waals surface area contributed by atoms with E-state index in [1.165, 1.54) is 12.1 Å². The number of alkyl halides is 1. The number of ether oxygens (including phenoxy) is 2. The van der Waals surface area contributed by atoms with Crippen molar-refractivity contribution in [2.24, 2.45) is 0 Å². The van der Waals surface area contributed by atoms with Crippen LogP contribution in [0.4, 0.5) is 0 Å². The number of benzene rings is 1.